The van der Waals surface area contributed by atoms with Crippen molar-refractivity contribution in [2.24, 2.45) is 5.92 Å². The molecule has 0 unspecified atom stereocenters. The molecule has 1 heterocycles. The maximum Gasteiger partial charge on any atom is 0.237 e. The number of amides is 2. The Morgan fingerprint density at radius 2 is 2.29 bits per heavy atom. The van der Waals surface area contributed by atoms with Crippen molar-refractivity contribution in [3.63, 3.8) is 0 Å². The second-order valence-corrected chi connectivity index (χ2v) is 6.19. The average Bonchev–Trinajstić information content (AvgIpc) is 2.80. The van der Waals surface area contributed by atoms with Gasteiger partial charge in [-0.05, 0) is 31.3 Å². The van der Waals surface area contributed by atoms with Gasteiger partial charge in [0.2, 0.25) is 11.8 Å². The largest absolute Gasteiger partial charge is 0.354 e. The molecule has 0 spiro atoms. The fourth-order valence-corrected chi connectivity index (χ4v) is 3.04. The van der Waals surface area contributed by atoms with Crippen molar-refractivity contribution in [2.75, 3.05) is 19.0 Å². The summed E-state index contributed by atoms with van der Waals surface area (Å²) in [7, 11) is 0. The van der Waals surface area contributed by atoms with Crippen molar-refractivity contribution >= 4 is 34.9 Å². The van der Waals surface area contributed by atoms with E-state index in [1.807, 2.05) is 12.3 Å². The summed E-state index contributed by atoms with van der Waals surface area (Å²) in [4.78, 5) is 25.3. The van der Waals surface area contributed by atoms with E-state index in [1.54, 1.807) is 4.90 Å². The Kier molecular flexibility index (Phi) is 5.99. The number of hydrogen-bond acceptors (Lipinski definition) is 4. The molecule has 0 saturated heterocycles. The lowest BCUT2D eigenvalue weighted by Crippen LogP contribution is -2.41. The maximum atomic E-state index is 11.9. The van der Waals surface area contributed by atoms with Crippen LogP contribution in [0.4, 0.5) is 0 Å². The predicted octanol–water partition coefficient (Wildman–Crippen LogP) is 1.94. The molecule has 1 aliphatic carbocycles. The van der Waals surface area contributed by atoms with Crippen molar-refractivity contribution in [3.8, 4) is 0 Å². The summed E-state index contributed by atoms with van der Waals surface area (Å²) in [6.07, 6.45) is 3.10. The first kappa shape index (κ1) is 16.2. The fraction of sp³-hybridized carbons (Fsp3) is 0.643. The third-order valence-corrected chi connectivity index (χ3v) is 4.83. The summed E-state index contributed by atoms with van der Waals surface area (Å²) in [5, 5.41) is 4.84. The van der Waals surface area contributed by atoms with Crippen LogP contribution in [0.3, 0.4) is 0 Å². The Morgan fingerprint density at radius 3 is 2.81 bits per heavy atom. The van der Waals surface area contributed by atoms with Gasteiger partial charge in [0.1, 0.15) is 5.88 Å². The SMILES string of the molecule is Cc1nscc1CN(CCNC(=O)C1CCC1)C(=O)CCl. The highest BCUT2D eigenvalue weighted by Gasteiger charge is 2.25. The fourth-order valence-electron chi connectivity index (χ4n) is 2.18. The molecule has 1 aromatic rings. The van der Waals surface area contributed by atoms with Crippen LogP contribution in [0.15, 0.2) is 5.38 Å². The number of hydrogen-bond donors (Lipinski definition) is 1. The number of carbonyl (C=O) groups excluding carboxylic acids is 2. The van der Waals surface area contributed by atoms with E-state index in [9.17, 15) is 9.59 Å². The molecule has 2 rings (SSSR count). The van der Waals surface area contributed by atoms with Gasteiger partial charge < -0.3 is 10.2 Å². The number of rotatable bonds is 7. The minimum absolute atomic E-state index is 0.0484. The molecule has 0 radical (unpaired) electrons. The summed E-state index contributed by atoms with van der Waals surface area (Å²) in [5.74, 6) is 0.103. The molecule has 1 saturated carbocycles. The molecule has 5 nitrogen and oxygen atoms in total. The number of aryl methyl sites for hydroxylation is 1. The number of aromatic nitrogens is 1. The molecule has 0 bridgehead atoms. The Bertz CT molecular complexity index is 502. The zero-order valence-corrected chi connectivity index (χ0v) is 13.7. The summed E-state index contributed by atoms with van der Waals surface area (Å²) in [6.45, 7) is 3.36. The summed E-state index contributed by atoms with van der Waals surface area (Å²) in [6, 6.07) is 0. The van der Waals surface area contributed by atoms with Crippen LogP contribution >= 0.6 is 23.1 Å². The lowest BCUT2D eigenvalue weighted by molar-refractivity contribution is -0.131. The Labute approximate surface area is 133 Å². The standard InChI is InChI=1S/C14H20ClN3O2S/c1-10-12(9-21-17-10)8-18(13(19)7-15)6-5-16-14(20)11-3-2-4-11/h9,11H,2-8H2,1H3,(H,16,20). The highest BCUT2D eigenvalue weighted by atomic mass is 35.5. The Balaban J connectivity index is 1.83. The molecule has 21 heavy (non-hydrogen) atoms. The minimum atomic E-state index is -0.125. The van der Waals surface area contributed by atoms with Crippen LogP contribution in [0.25, 0.3) is 0 Å². The average molecular weight is 330 g/mol. The topological polar surface area (TPSA) is 62.3 Å². The smallest absolute Gasteiger partial charge is 0.237 e. The molecule has 116 valence electrons. The van der Waals surface area contributed by atoms with E-state index in [4.69, 9.17) is 11.6 Å². The van der Waals surface area contributed by atoms with Gasteiger partial charge >= 0.3 is 0 Å². The first-order valence-corrected chi connectivity index (χ1v) is 8.50. The highest BCUT2D eigenvalue weighted by molar-refractivity contribution is 7.03. The molecule has 2 amide bonds. The van der Waals surface area contributed by atoms with Crippen LogP contribution < -0.4 is 5.32 Å². The Morgan fingerprint density at radius 1 is 1.52 bits per heavy atom. The molecule has 1 fully saturated rings. The van der Waals surface area contributed by atoms with Crippen molar-refractivity contribution < 1.29 is 9.59 Å². The van der Waals surface area contributed by atoms with Gasteiger partial charge in [0.05, 0.1) is 5.69 Å². The molecular weight excluding hydrogens is 310 g/mol. The van der Waals surface area contributed by atoms with Gasteiger partial charge in [-0.3, -0.25) is 9.59 Å². The normalized spacial score (nSPS) is 14.6. The molecule has 0 aliphatic heterocycles. The second kappa shape index (κ2) is 7.75. The molecule has 1 aromatic heterocycles. The maximum absolute atomic E-state index is 11.9. The zero-order valence-electron chi connectivity index (χ0n) is 12.1. The minimum Gasteiger partial charge on any atom is -0.354 e. The number of halogens is 1. The van der Waals surface area contributed by atoms with Crippen LogP contribution in [0, 0.1) is 12.8 Å². The van der Waals surface area contributed by atoms with Gasteiger partial charge in [-0.1, -0.05) is 6.42 Å². The number of carbonyl (C=O) groups is 2. The second-order valence-electron chi connectivity index (χ2n) is 5.29. The summed E-state index contributed by atoms with van der Waals surface area (Å²) in [5.41, 5.74) is 1.97. The van der Waals surface area contributed by atoms with Gasteiger partial charge in [-0.25, -0.2) is 0 Å². The first-order valence-electron chi connectivity index (χ1n) is 7.13. The van der Waals surface area contributed by atoms with E-state index in [2.05, 4.69) is 9.69 Å². The van der Waals surface area contributed by atoms with Crippen LogP contribution in [-0.2, 0) is 16.1 Å². The third kappa shape index (κ3) is 4.41. The lowest BCUT2D eigenvalue weighted by atomic mass is 9.85. The molecule has 0 aromatic carbocycles. The first-order chi connectivity index (χ1) is 10.1. The number of nitrogens with zero attached hydrogens (tertiary/aromatic N) is 2. The van der Waals surface area contributed by atoms with Crippen LogP contribution in [0.5, 0.6) is 0 Å². The quantitative estimate of drug-likeness (QED) is 0.778. The van der Waals surface area contributed by atoms with E-state index >= 15 is 0 Å². The molecular formula is C14H20ClN3O2S. The van der Waals surface area contributed by atoms with Crippen LogP contribution in [0.1, 0.15) is 30.5 Å². The highest BCUT2D eigenvalue weighted by Crippen LogP contribution is 2.26. The van der Waals surface area contributed by atoms with E-state index in [1.165, 1.54) is 11.5 Å². The van der Waals surface area contributed by atoms with Gasteiger partial charge in [0, 0.05) is 36.5 Å². The van der Waals surface area contributed by atoms with Crippen molar-refractivity contribution in [1.82, 2.24) is 14.6 Å². The summed E-state index contributed by atoms with van der Waals surface area (Å²) < 4.78 is 4.21. The number of nitrogens with one attached hydrogen (secondary N) is 1. The molecule has 1 aliphatic rings. The van der Waals surface area contributed by atoms with Crippen molar-refractivity contribution in [2.45, 2.75) is 32.7 Å². The zero-order chi connectivity index (χ0) is 15.2. The van der Waals surface area contributed by atoms with E-state index in [0.717, 1.165) is 30.5 Å². The Hall–Kier alpha value is -1.14. The molecule has 1 N–H and O–H groups in total. The predicted molar refractivity (Wildman–Crippen MR) is 83.3 cm³/mol. The molecule has 0 atom stereocenters. The van der Waals surface area contributed by atoms with Gasteiger partial charge in [-0.15, -0.1) is 11.6 Å². The van der Waals surface area contributed by atoms with Crippen molar-refractivity contribution in [3.05, 3.63) is 16.6 Å². The van der Waals surface area contributed by atoms with Gasteiger partial charge in [0.25, 0.3) is 0 Å². The van der Waals surface area contributed by atoms with Crippen molar-refractivity contribution in [1.29, 1.82) is 0 Å². The van der Waals surface area contributed by atoms with Crippen LogP contribution in [0.2, 0.25) is 0 Å². The van der Waals surface area contributed by atoms with Gasteiger partial charge in [0.15, 0.2) is 0 Å². The summed E-state index contributed by atoms with van der Waals surface area (Å²) >= 11 is 7.04. The van der Waals surface area contributed by atoms with E-state index < -0.39 is 0 Å². The molecule has 7 heteroatoms. The third-order valence-electron chi connectivity index (χ3n) is 3.83. The monoisotopic (exact) mass is 329 g/mol. The van der Waals surface area contributed by atoms with E-state index in [0.29, 0.717) is 19.6 Å². The number of alkyl halides is 1. The van der Waals surface area contributed by atoms with Crippen LogP contribution in [-0.4, -0.2) is 40.1 Å². The van der Waals surface area contributed by atoms with E-state index in [-0.39, 0.29) is 23.6 Å². The lowest BCUT2D eigenvalue weighted by Gasteiger charge is -2.26. The van der Waals surface area contributed by atoms with Gasteiger partial charge in [-0.2, -0.15) is 4.37 Å².